The van der Waals surface area contributed by atoms with Crippen LogP contribution in [0, 0.1) is 5.41 Å². The molecule has 0 aliphatic heterocycles. The Morgan fingerprint density at radius 2 is 1.61 bits per heavy atom. The number of hydrogen-bond donors (Lipinski definition) is 3. The monoisotopic (exact) mass is 449 g/mol. The van der Waals surface area contributed by atoms with Gasteiger partial charge in [-0.15, -0.1) is 12.4 Å². The fourth-order valence-electron chi connectivity index (χ4n) is 2.50. The number of rotatable bonds is 9. The Labute approximate surface area is 185 Å². The Kier molecular flexibility index (Phi) is 10.0. The molecule has 0 bridgehead atoms. The van der Waals surface area contributed by atoms with Crippen molar-refractivity contribution in [3.63, 3.8) is 0 Å². The van der Waals surface area contributed by atoms with Gasteiger partial charge in [-0.25, -0.2) is 4.79 Å². The molecule has 9 nitrogen and oxygen atoms in total. The summed E-state index contributed by atoms with van der Waals surface area (Å²) in [6.45, 7) is 1.11. The summed E-state index contributed by atoms with van der Waals surface area (Å²) in [5, 5.41) is 10.1. The third-order valence-corrected chi connectivity index (χ3v) is 4.05. The molecule has 0 spiro atoms. The van der Waals surface area contributed by atoms with Crippen LogP contribution < -0.4 is 15.8 Å². The maximum Gasteiger partial charge on any atom is 0.343 e. The molecular weight excluding hydrogens is 426 g/mol. The molecule has 2 rings (SSSR count). The normalized spacial score (nSPS) is 10.8. The van der Waals surface area contributed by atoms with Crippen LogP contribution in [0.4, 0.5) is 0 Å². The van der Waals surface area contributed by atoms with Crippen molar-refractivity contribution in [2.45, 2.75) is 13.0 Å². The van der Waals surface area contributed by atoms with Gasteiger partial charge in [0.2, 0.25) is 0 Å². The Morgan fingerprint density at radius 3 is 2.13 bits per heavy atom. The predicted octanol–water partition coefficient (Wildman–Crippen LogP) is 1.98. The lowest BCUT2D eigenvalue weighted by Crippen LogP contribution is -2.30. The predicted molar refractivity (Wildman–Crippen MR) is 115 cm³/mol. The van der Waals surface area contributed by atoms with Crippen LogP contribution in [0.2, 0.25) is 0 Å². The fourth-order valence-corrected chi connectivity index (χ4v) is 2.50. The van der Waals surface area contributed by atoms with Crippen molar-refractivity contribution >= 4 is 36.1 Å². The highest BCUT2D eigenvalue weighted by molar-refractivity contribution is 5.98. The highest BCUT2D eigenvalue weighted by Gasteiger charge is 2.17. The SMILES string of the molecule is COC(=O)COc1ccc(C(CNC(=O)c2ccc(C(=N)N)cc2)OC(C)=O)cc1.Cl. The van der Waals surface area contributed by atoms with Crippen LogP contribution in [0.5, 0.6) is 5.75 Å². The Bertz CT molecular complexity index is 916. The first-order chi connectivity index (χ1) is 14.3. The number of nitrogens with two attached hydrogens (primary N) is 1. The van der Waals surface area contributed by atoms with Crippen molar-refractivity contribution in [3.05, 3.63) is 65.2 Å². The average Bonchev–Trinajstić information content (AvgIpc) is 2.74. The van der Waals surface area contributed by atoms with Gasteiger partial charge in [-0.3, -0.25) is 15.0 Å². The minimum Gasteiger partial charge on any atom is -0.482 e. The third-order valence-electron chi connectivity index (χ3n) is 4.05. The number of esters is 2. The van der Waals surface area contributed by atoms with Gasteiger partial charge in [0.05, 0.1) is 13.7 Å². The number of hydrogen-bond acceptors (Lipinski definition) is 7. The molecule has 4 N–H and O–H groups in total. The zero-order chi connectivity index (χ0) is 22.1. The molecule has 2 aromatic rings. The number of benzene rings is 2. The van der Waals surface area contributed by atoms with Gasteiger partial charge >= 0.3 is 11.9 Å². The van der Waals surface area contributed by atoms with Crippen molar-refractivity contribution < 1.29 is 28.6 Å². The Hall–Kier alpha value is -3.59. The topological polar surface area (TPSA) is 141 Å². The Morgan fingerprint density at radius 1 is 1.03 bits per heavy atom. The summed E-state index contributed by atoms with van der Waals surface area (Å²) in [7, 11) is 1.27. The van der Waals surface area contributed by atoms with Crippen molar-refractivity contribution in [3.8, 4) is 5.75 Å². The van der Waals surface area contributed by atoms with Crippen LogP contribution >= 0.6 is 12.4 Å². The summed E-state index contributed by atoms with van der Waals surface area (Å²) in [5.41, 5.74) is 6.94. The molecule has 0 aromatic heterocycles. The summed E-state index contributed by atoms with van der Waals surface area (Å²) >= 11 is 0. The van der Waals surface area contributed by atoms with E-state index >= 15 is 0 Å². The van der Waals surface area contributed by atoms with Crippen LogP contribution in [0.1, 0.15) is 34.5 Å². The van der Waals surface area contributed by atoms with E-state index in [1.54, 1.807) is 48.5 Å². The van der Waals surface area contributed by atoms with E-state index in [1.165, 1.54) is 14.0 Å². The molecule has 0 aliphatic carbocycles. The van der Waals surface area contributed by atoms with Crippen LogP contribution in [-0.4, -0.2) is 43.9 Å². The second-order valence-electron chi connectivity index (χ2n) is 6.23. The number of amides is 1. The molecule has 1 amide bonds. The number of carbonyl (C=O) groups excluding carboxylic acids is 3. The van der Waals surface area contributed by atoms with Crippen molar-refractivity contribution in [2.75, 3.05) is 20.3 Å². The molecule has 1 unspecified atom stereocenters. The number of halogens is 1. The van der Waals surface area contributed by atoms with Gasteiger partial charge < -0.3 is 25.3 Å². The first-order valence-electron chi connectivity index (χ1n) is 8.99. The zero-order valence-electron chi connectivity index (χ0n) is 17.0. The number of amidine groups is 1. The standard InChI is InChI=1S/C21H23N3O6.ClH/c1-13(25)30-18(14-7-9-17(10-8-14)29-12-19(26)28-2)11-24-21(27)16-5-3-15(4-6-16)20(22)23;/h3-10,18H,11-12H2,1-2H3,(H3,22,23)(H,24,27);1H. The second-order valence-corrected chi connectivity index (χ2v) is 6.23. The molecule has 0 heterocycles. The van der Waals surface area contributed by atoms with Gasteiger partial charge in [-0.2, -0.15) is 0 Å². The van der Waals surface area contributed by atoms with E-state index in [-0.39, 0.29) is 37.3 Å². The molecule has 2 aromatic carbocycles. The molecule has 0 aliphatic rings. The van der Waals surface area contributed by atoms with E-state index in [1.807, 2.05) is 0 Å². The summed E-state index contributed by atoms with van der Waals surface area (Å²) < 4.78 is 15.1. The van der Waals surface area contributed by atoms with Gasteiger partial charge in [0, 0.05) is 18.1 Å². The van der Waals surface area contributed by atoms with Crippen molar-refractivity contribution in [2.24, 2.45) is 5.73 Å². The summed E-state index contributed by atoms with van der Waals surface area (Å²) in [6.07, 6.45) is -0.711. The first kappa shape index (κ1) is 25.4. The third kappa shape index (κ3) is 7.98. The van der Waals surface area contributed by atoms with Gasteiger partial charge in [0.1, 0.15) is 17.7 Å². The van der Waals surface area contributed by atoms with E-state index < -0.39 is 18.0 Å². The minimum absolute atomic E-state index is 0. The molecule has 166 valence electrons. The quantitative estimate of drug-likeness (QED) is 0.302. The van der Waals surface area contributed by atoms with Crippen LogP contribution in [0.3, 0.4) is 0 Å². The second kappa shape index (κ2) is 12.2. The van der Waals surface area contributed by atoms with Gasteiger partial charge in [-0.1, -0.05) is 24.3 Å². The lowest BCUT2D eigenvalue weighted by molar-refractivity contribution is -0.146. The molecule has 10 heteroatoms. The zero-order valence-corrected chi connectivity index (χ0v) is 17.9. The van der Waals surface area contributed by atoms with Crippen molar-refractivity contribution in [1.82, 2.24) is 5.32 Å². The Balaban J connectivity index is 0.00000480. The van der Waals surface area contributed by atoms with E-state index in [0.29, 0.717) is 22.4 Å². The average molecular weight is 450 g/mol. The highest BCUT2D eigenvalue weighted by atomic mass is 35.5. The van der Waals surface area contributed by atoms with Crippen LogP contribution in [0.25, 0.3) is 0 Å². The molecule has 1 atom stereocenters. The van der Waals surface area contributed by atoms with E-state index in [2.05, 4.69) is 10.1 Å². The number of methoxy groups -OCH3 is 1. The number of ether oxygens (including phenoxy) is 3. The number of carbonyl (C=O) groups is 3. The maximum atomic E-state index is 12.4. The minimum atomic E-state index is -0.711. The summed E-state index contributed by atoms with van der Waals surface area (Å²) in [6, 6.07) is 12.9. The fraction of sp³-hybridized carbons (Fsp3) is 0.238. The van der Waals surface area contributed by atoms with Gasteiger partial charge in [0.15, 0.2) is 6.61 Å². The van der Waals surface area contributed by atoms with Gasteiger partial charge in [0.25, 0.3) is 5.91 Å². The molecular formula is C21H24ClN3O6. The van der Waals surface area contributed by atoms with E-state index in [4.69, 9.17) is 20.6 Å². The molecule has 0 fully saturated rings. The van der Waals surface area contributed by atoms with E-state index in [9.17, 15) is 14.4 Å². The summed E-state index contributed by atoms with van der Waals surface area (Å²) in [4.78, 5) is 35.0. The molecule has 0 saturated heterocycles. The molecule has 0 saturated carbocycles. The smallest absolute Gasteiger partial charge is 0.343 e. The first-order valence-corrected chi connectivity index (χ1v) is 8.99. The van der Waals surface area contributed by atoms with Gasteiger partial charge in [-0.05, 0) is 29.8 Å². The maximum absolute atomic E-state index is 12.4. The van der Waals surface area contributed by atoms with Crippen molar-refractivity contribution in [1.29, 1.82) is 5.41 Å². The lowest BCUT2D eigenvalue weighted by Gasteiger charge is -2.18. The van der Waals surface area contributed by atoms with Crippen LogP contribution in [-0.2, 0) is 19.1 Å². The number of nitrogen functional groups attached to an aromatic ring is 1. The number of nitrogens with one attached hydrogen (secondary N) is 2. The highest BCUT2D eigenvalue weighted by Crippen LogP contribution is 2.21. The molecule has 31 heavy (non-hydrogen) atoms. The van der Waals surface area contributed by atoms with Crippen LogP contribution in [0.15, 0.2) is 48.5 Å². The summed E-state index contributed by atoms with van der Waals surface area (Å²) in [5.74, 6) is -1.00. The van der Waals surface area contributed by atoms with E-state index in [0.717, 1.165) is 0 Å². The lowest BCUT2D eigenvalue weighted by atomic mass is 10.1. The molecule has 0 radical (unpaired) electrons. The largest absolute Gasteiger partial charge is 0.482 e.